The van der Waals surface area contributed by atoms with E-state index in [1.807, 2.05) is 18.2 Å². The van der Waals surface area contributed by atoms with E-state index in [1.165, 1.54) is 29.4 Å². The zero-order valence-electron chi connectivity index (χ0n) is 21.9. The number of piperidine rings is 1. The van der Waals surface area contributed by atoms with Crippen LogP contribution in [0.2, 0.25) is 0 Å². The number of ether oxygens (including phenoxy) is 1. The van der Waals surface area contributed by atoms with Gasteiger partial charge in [0, 0.05) is 47.7 Å². The Balaban J connectivity index is 1.31. The van der Waals surface area contributed by atoms with Crippen LogP contribution in [0, 0.1) is 5.92 Å². The number of fused-ring (bicyclic) bond motifs is 4. The van der Waals surface area contributed by atoms with Crippen LogP contribution in [0.25, 0.3) is 10.9 Å². The highest BCUT2D eigenvalue weighted by atomic mass is 16.5. The highest BCUT2D eigenvalue weighted by Crippen LogP contribution is 2.69. The lowest BCUT2D eigenvalue weighted by atomic mass is 9.49. The third kappa shape index (κ3) is 2.74. The Kier molecular flexibility index (Phi) is 4.23. The molecule has 2 aliphatic heterocycles. The molecule has 0 radical (unpaired) electrons. The van der Waals surface area contributed by atoms with Gasteiger partial charge in [-0.3, -0.25) is 4.90 Å². The van der Waals surface area contributed by atoms with Crippen molar-refractivity contribution in [3.05, 3.63) is 88.6 Å². The fraction of sp³-hybridized carbons (Fsp3) is 0.394. The smallest absolute Gasteiger partial charge is 0.166 e. The zero-order chi connectivity index (χ0) is 26.1. The second kappa shape index (κ2) is 7.38. The summed E-state index contributed by atoms with van der Waals surface area (Å²) in [5.74, 6) is 1.52. The largest absolute Gasteiger partial charge is 0.504 e. The SMILES string of the molecule is Nc1cccc(Cn2c3c(c4ccccc42)C[C@@]2(O)[C@@H]4Cc5ccc(O)c6c5[C@@]2(CCN4CC2CC2)[C@H]3O6)c1. The number of hydrogen-bond donors (Lipinski definition) is 3. The average molecular weight is 520 g/mol. The first-order valence-electron chi connectivity index (χ1n) is 14.4. The van der Waals surface area contributed by atoms with Gasteiger partial charge in [0.05, 0.1) is 16.7 Å². The Bertz CT molecular complexity index is 1690. The molecule has 3 aromatic carbocycles. The molecule has 6 nitrogen and oxygen atoms in total. The molecule has 5 aliphatic rings. The van der Waals surface area contributed by atoms with Gasteiger partial charge in [-0.05, 0) is 79.1 Å². The minimum atomic E-state index is -0.976. The van der Waals surface area contributed by atoms with Crippen molar-refractivity contribution in [3.8, 4) is 11.5 Å². The van der Waals surface area contributed by atoms with Crippen molar-refractivity contribution in [2.75, 3.05) is 18.8 Å². The summed E-state index contributed by atoms with van der Waals surface area (Å²) >= 11 is 0. The molecular formula is C33H33N3O3. The molecular weight excluding hydrogens is 486 g/mol. The highest BCUT2D eigenvalue weighted by molar-refractivity contribution is 5.87. The molecule has 4 atom stereocenters. The third-order valence-corrected chi connectivity index (χ3v) is 10.6. The Hall–Kier alpha value is -3.48. The number of aromatic hydroxyl groups is 1. The van der Waals surface area contributed by atoms with Crippen molar-refractivity contribution in [2.24, 2.45) is 5.92 Å². The summed E-state index contributed by atoms with van der Waals surface area (Å²) < 4.78 is 9.28. The van der Waals surface area contributed by atoms with Gasteiger partial charge in [-0.2, -0.15) is 0 Å². The summed E-state index contributed by atoms with van der Waals surface area (Å²) in [6.07, 6.45) is 4.44. The van der Waals surface area contributed by atoms with E-state index in [-0.39, 0.29) is 17.9 Å². The molecule has 4 N–H and O–H groups in total. The van der Waals surface area contributed by atoms with Crippen molar-refractivity contribution in [1.82, 2.24) is 9.47 Å². The van der Waals surface area contributed by atoms with E-state index < -0.39 is 11.0 Å². The molecule has 1 saturated heterocycles. The summed E-state index contributed by atoms with van der Waals surface area (Å²) in [7, 11) is 0. The number of aromatic nitrogens is 1. The van der Waals surface area contributed by atoms with Gasteiger partial charge in [0.25, 0.3) is 0 Å². The van der Waals surface area contributed by atoms with Crippen LogP contribution in [0.3, 0.4) is 0 Å². The molecule has 39 heavy (non-hydrogen) atoms. The van der Waals surface area contributed by atoms with Gasteiger partial charge in [0.15, 0.2) is 17.6 Å². The lowest BCUT2D eigenvalue weighted by Gasteiger charge is -2.63. The lowest BCUT2D eigenvalue weighted by Crippen LogP contribution is -2.74. The second-order valence-electron chi connectivity index (χ2n) is 12.6. The molecule has 4 aromatic rings. The molecule has 1 saturated carbocycles. The zero-order valence-corrected chi connectivity index (χ0v) is 21.9. The normalized spacial score (nSPS) is 30.2. The Morgan fingerprint density at radius 3 is 2.77 bits per heavy atom. The van der Waals surface area contributed by atoms with Gasteiger partial charge in [-0.25, -0.2) is 0 Å². The quantitative estimate of drug-likeness (QED) is 0.341. The van der Waals surface area contributed by atoms with Crippen LogP contribution in [0.15, 0.2) is 60.7 Å². The number of benzene rings is 3. The van der Waals surface area contributed by atoms with E-state index in [4.69, 9.17) is 10.5 Å². The van der Waals surface area contributed by atoms with Crippen LogP contribution in [-0.4, -0.2) is 44.4 Å². The number of nitrogens with two attached hydrogens (primary N) is 1. The molecule has 1 aromatic heterocycles. The van der Waals surface area contributed by atoms with E-state index in [1.54, 1.807) is 6.07 Å². The minimum Gasteiger partial charge on any atom is -0.504 e. The molecule has 6 heteroatoms. The van der Waals surface area contributed by atoms with Crippen molar-refractivity contribution in [1.29, 1.82) is 0 Å². The topological polar surface area (TPSA) is 83.9 Å². The summed E-state index contributed by atoms with van der Waals surface area (Å²) in [5.41, 5.74) is 12.3. The van der Waals surface area contributed by atoms with Crippen LogP contribution < -0.4 is 10.5 Å². The van der Waals surface area contributed by atoms with E-state index in [2.05, 4.69) is 45.9 Å². The maximum absolute atomic E-state index is 13.1. The van der Waals surface area contributed by atoms with Crippen molar-refractivity contribution in [2.45, 2.75) is 61.8 Å². The number of para-hydroxylation sites is 1. The first kappa shape index (κ1) is 22.3. The van der Waals surface area contributed by atoms with E-state index in [0.29, 0.717) is 18.7 Å². The number of anilines is 1. The number of aliphatic hydroxyl groups is 1. The average Bonchev–Trinajstić information content (AvgIpc) is 3.60. The first-order chi connectivity index (χ1) is 19.0. The minimum absolute atomic E-state index is 0.0325. The fourth-order valence-corrected chi connectivity index (χ4v) is 8.85. The number of rotatable bonds is 4. The number of likely N-dealkylation sites (tertiary alicyclic amines) is 1. The third-order valence-electron chi connectivity index (χ3n) is 10.6. The van der Waals surface area contributed by atoms with E-state index >= 15 is 0 Å². The van der Waals surface area contributed by atoms with Crippen LogP contribution in [0.4, 0.5) is 5.69 Å². The van der Waals surface area contributed by atoms with Crippen molar-refractivity contribution < 1.29 is 14.9 Å². The maximum atomic E-state index is 13.1. The summed E-state index contributed by atoms with van der Waals surface area (Å²) in [6.45, 7) is 2.68. The van der Waals surface area contributed by atoms with Gasteiger partial charge in [-0.1, -0.05) is 36.4 Å². The van der Waals surface area contributed by atoms with Crippen LogP contribution >= 0.6 is 0 Å². The molecule has 9 rings (SSSR count). The van der Waals surface area contributed by atoms with E-state index in [0.717, 1.165) is 59.9 Å². The van der Waals surface area contributed by atoms with Gasteiger partial charge in [0.1, 0.15) is 0 Å². The van der Waals surface area contributed by atoms with Crippen LogP contribution in [0.5, 0.6) is 11.5 Å². The second-order valence-corrected chi connectivity index (χ2v) is 12.6. The molecule has 0 unspecified atom stereocenters. The molecule has 1 spiro atoms. The standard InChI is InChI=1S/C33H33N3O3/c34-22-5-3-4-20(14-22)18-36-25-7-2-1-6-23(25)24-16-33(38)27-15-21-10-11-26(37)30-28(21)32(33,31(39-30)29(24)36)12-13-35(27)17-19-8-9-19/h1-7,10-11,14,19,27,31,37-38H,8-9,12-13,15-18,34H2/t27-,31-,32-,33+/m0/s1. The Morgan fingerprint density at radius 1 is 1.05 bits per heavy atom. The first-order valence-corrected chi connectivity index (χ1v) is 14.4. The highest BCUT2D eigenvalue weighted by Gasteiger charge is 2.73. The van der Waals surface area contributed by atoms with Crippen LogP contribution in [0.1, 0.15) is 53.3 Å². The number of hydrogen-bond acceptors (Lipinski definition) is 5. The molecule has 3 aliphatic carbocycles. The monoisotopic (exact) mass is 519 g/mol. The van der Waals surface area contributed by atoms with Gasteiger partial charge in [0.2, 0.25) is 0 Å². The molecule has 2 bridgehead atoms. The molecule has 0 amide bonds. The fourth-order valence-electron chi connectivity index (χ4n) is 8.85. The maximum Gasteiger partial charge on any atom is 0.166 e. The number of phenols is 1. The van der Waals surface area contributed by atoms with E-state index in [9.17, 15) is 10.2 Å². The van der Waals surface area contributed by atoms with Gasteiger partial charge in [-0.15, -0.1) is 0 Å². The van der Waals surface area contributed by atoms with Crippen molar-refractivity contribution >= 4 is 16.6 Å². The molecule has 2 fully saturated rings. The van der Waals surface area contributed by atoms with Gasteiger partial charge < -0.3 is 25.3 Å². The predicted octanol–water partition coefficient (Wildman–Crippen LogP) is 4.68. The lowest BCUT2D eigenvalue weighted by molar-refractivity contribution is -0.173. The Labute approximate surface area is 227 Å². The Morgan fingerprint density at radius 2 is 1.92 bits per heavy atom. The van der Waals surface area contributed by atoms with Gasteiger partial charge >= 0.3 is 0 Å². The summed E-state index contributed by atoms with van der Waals surface area (Å²) in [5, 5.41) is 25.4. The number of nitrogens with zero attached hydrogens (tertiary/aromatic N) is 2. The molecule has 3 heterocycles. The number of phenolic OH excluding ortho intramolecular Hbond substituents is 1. The number of nitrogen functional groups attached to an aromatic ring is 1. The molecule has 198 valence electrons. The van der Waals surface area contributed by atoms with Crippen molar-refractivity contribution in [3.63, 3.8) is 0 Å². The van der Waals surface area contributed by atoms with Crippen LogP contribution in [-0.2, 0) is 24.8 Å². The summed E-state index contributed by atoms with van der Waals surface area (Å²) in [6, 6.07) is 20.5. The predicted molar refractivity (Wildman–Crippen MR) is 150 cm³/mol. The summed E-state index contributed by atoms with van der Waals surface area (Å²) in [4.78, 5) is 2.59.